The van der Waals surface area contributed by atoms with Gasteiger partial charge in [0, 0.05) is 25.3 Å². The Morgan fingerprint density at radius 3 is 2.63 bits per heavy atom. The van der Waals surface area contributed by atoms with E-state index in [9.17, 15) is 0 Å². The maximum Gasteiger partial charge on any atom is 0.197 e. The molecule has 1 saturated heterocycles. The van der Waals surface area contributed by atoms with E-state index in [4.69, 9.17) is 9.72 Å². The molecule has 3 aromatic heterocycles. The predicted octanol–water partition coefficient (Wildman–Crippen LogP) is 3.31. The van der Waals surface area contributed by atoms with Crippen LogP contribution in [0.4, 0.5) is 0 Å². The van der Waals surface area contributed by atoms with Crippen molar-refractivity contribution in [3.63, 3.8) is 0 Å². The van der Waals surface area contributed by atoms with Crippen LogP contribution in [0.5, 0.6) is 0 Å². The monoisotopic (exact) mass is 360 g/mol. The van der Waals surface area contributed by atoms with E-state index in [1.807, 2.05) is 12.5 Å². The Hall–Kier alpha value is -3.06. The van der Waals surface area contributed by atoms with E-state index in [0.717, 1.165) is 60.8 Å². The zero-order valence-corrected chi connectivity index (χ0v) is 14.9. The van der Waals surface area contributed by atoms with Gasteiger partial charge in [0.15, 0.2) is 11.3 Å². The topological polar surface area (TPSA) is 81.5 Å². The quantitative estimate of drug-likeness (QED) is 0.604. The summed E-state index contributed by atoms with van der Waals surface area (Å²) in [6.45, 7) is 2.60. The van der Waals surface area contributed by atoms with Gasteiger partial charge in [-0.25, -0.2) is 19.9 Å². The molecule has 7 nitrogen and oxygen atoms in total. The Morgan fingerprint density at radius 1 is 1.04 bits per heavy atom. The number of aromatic nitrogens is 6. The fourth-order valence-electron chi connectivity index (χ4n) is 3.55. The first-order chi connectivity index (χ1) is 13.4. The second-order valence-electron chi connectivity index (χ2n) is 6.90. The van der Waals surface area contributed by atoms with E-state index in [1.165, 1.54) is 0 Å². The largest absolute Gasteiger partial charge is 0.381 e. The molecule has 0 amide bonds. The number of H-pyrrole nitrogens is 1. The third-order valence-corrected chi connectivity index (χ3v) is 5.11. The molecule has 0 radical (unpaired) electrons. The summed E-state index contributed by atoms with van der Waals surface area (Å²) < 4.78 is 7.59. The standard InChI is InChI=1S/C20H20N6O/c1-3-16(4-2-15(1)17-9-21-12-23-17)18-10-22-19-20(25-18)26(13-24-19)11-14-5-7-27-8-6-14/h1-4,9-10,12-14H,5-8,11H2,(H,21,23). The van der Waals surface area contributed by atoms with E-state index in [2.05, 4.69) is 48.8 Å². The molecule has 0 aliphatic carbocycles. The van der Waals surface area contributed by atoms with Crippen molar-refractivity contribution in [1.82, 2.24) is 29.5 Å². The molecule has 1 aliphatic heterocycles. The van der Waals surface area contributed by atoms with Gasteiger partial charge < -0.3 is 14.3 Å². The van der Waals surface area contributed by atoms with Crippen LogP contribution >= 0.6 is 0 Å². The van der Waals surface area contributed by atoms with E-state index in [1.54, 1.807) is 12.5 Å². The van der Waals surface area contributed by atoms with Crippen molar-refractivity contribution in [2.75, 3.05) is 13.2 Å². The molecule has 136 valence electrons. The lowest BCUT2D eigenvalue weighted by Gasteiger charge is -2.22. The molecular weight excluding hydrogens is 340 g/mol. The first kappa shape index (κ1) is 16.1. The number of hydrogen-bond donors (Lipinski definition) is 1. The summed E-state index contributed by atoms with van der Waals surface area (Å²) in [4.78, 5) is 21.0. The van der Waals surface area contributed by atoms with E-state index >= 15 is 0 Å². The summed E-state index contributed by atoms with van der Waals surface area (Å²) >= 11 is 0. The Balaban J connectivity index is 1.44. The molecule has 27 heavy (non-hydrogen) atoms. The molecule has 4 aromatic rings. The van der Waals surface area contributed by atoms with E-state index < -0.39 is 0 Å². The van der Waals surface area contributed by atoms with Gasteiger partial charge in [-0.1, -0.05) is 24.3 Å². The van der Waals surface area contributed by atoms with E-state index in [0.29, 0.717) is 11.6 Å². The van der Waals surface area contributed by atoms with Crippen molar-refractivity contribution >= 4 is 11.3 Å². The van der Waals surface area contributed by atoms with Crippen molar-refractivity contribution in [2.24, 2.45) is 5.92 Å². The second-order valence-corrected chi connectivity index (χ2v) is 6.90. The number of nitrogens with zero attached hydrogens (tertiary/aromatic N) is 5. The van der Waals surface area contributed by atoms with Gasteiger partial charge >= 0.3 is 0 Å². The molecule has 1 N–H and O–H groups in total. The summed E-state index contributed by atoms with van der Waals surface area (Å²) in [6, 6.07) is 8.25. The maximum atomic E-state index is 5.46. The number of rotatable bonds is 4. The predicted molar refractivity (Wildman–Crippen MR) is 102 cm³/mol. The molecule has 4 heterocycles. The molecule has 5 rings (SSSR count). The smallest absolute Gasteiger partial charge is 0.197 e. The zero-order valence-electron chi connectivity index (χ0n) is 14.9. The summed E-state index contributed by atoms with van der Waals surface area (Å²) in [7, 11) is 0. The highest BCUT2D eigenvalue weighted by Crippen LogP contribution is 2.24. The number of hydrogen-bond acceptors (Lipinski definition) is 5. The summed E-state index contributed by atoms with van der Waals surface area (Å²) in [5.74, 6) is 0.607. The van der Waals surface area contributed by atoms with Crippen LogP contribution < -0.4 is 0 Å². The van der Waals surface area contributed by atoms with Gasteiger partial charge in [0.05, 0.1) is 36.4 Å². The molecule has 0 unspecified atom stereocenters. The van der Waals surface area contributed by atoms with Crippen LogP contribution in [0.2, 0.25) is 0 Å². The lowest BCUT2D eigenvalue weighted by atomic mass is 10.0. The van der Waals surface area contributed by atoms with Crippen LogP contribution in [0.25, 0.3) is 33.8 Å². The van der Waals surface area contributed by atoms with Crippen LogP contribution in [0.15, 0.2) is 49.3 Å². The summed E-state index contributed by atoms with van der Waals surface area (Å²) in [5, 5.41) is 0. The first-order valence-electron chi connectivity index (χ1n) is 9.21. The lowest BCUT2D eigenvalue weighted by Crippen LogP contribution is -2.20. The van der Waals surface area contributed by atoms with Crippen LogP contribution in [-0.2, 0) is 11.3 Å². The molecule has 1 aliphatic rings. The highest BCUT2D eigenvalue weighted by Gasteiger charge is 2.17. The minimum absolute atomic E-state index is 0.607. The third kappa shape index (κ3) is 3.21. The third-order valence-electron chi connectivity index (χ3n) is 5.11. The average molecular weight is 360 g/mol. The molecule has 7 heteroatoms. The number of aromatic amines is 1. The zero-order chi connectivity index (χ0) is 18.1. The van der Waals surface area contributed by atoms with Crippen molar-refractivity contribution < 1.29 is 4.74 Å². The second kappa shape index (κ2) is 6.92. The van der Waals surface area contributed by atoms with Gasteiger partial charge in [-0.2, -0.15) is 0 Å². The van der Waals surface area contributed by atoms with Crippen molar-refractivity contribution in [1.29, 1.82) is 0 Å². The molecule has 0 bridgehead atoms. The SMILES string of the molecule is c1ncc(-c2ccc(-c3cnc4ncn(CC5CCOCC5)c4n3)cc2)[nH]1. The fraction of sp³-hybridized carbons (Fsp3) is 0.300. The number of benzene rings is 1. The number of ether oxygens (including phenoxy) is 1. The van der Waals surface area contributed by atoms with Crippen molar-refractivity contribution in [2.45, 2.75) is 19.4 Å². The van der Waals surface area contributed by atoms with Gasteiger partial charge in [0.2, 0.25) is 0 Å². The van der Waals surface area contributed by atoms with Crippen LogP contribution in [0.3, 0.4) is 0 Å². The number of imidazole rings is 2. The molecule has 0 saturated carbocycles. The Bertz CT molecular complexity index is 1030. The van der Waals surface area contributed by atoms with E-state index in [-0.39, 0.29) is 0 Å². The minimum atomic E-state index is 0.607. The van der Waals surface area contributed by atoms with Gasteiger partial charge in [-0.05, 0) is 24.3 Å². The lowest BCUT2D eigenvalue weighted by molar-refractivity contribution is 0.0615. The first-order valence-corrected chi connectivity index (χ1v) is 9.21. The molecule has 1 fully saturated rings. The highest BCUT2D eigenvalue weighted by atomic mass is 16.5. The molecule has 0 atom stereocenters. The molecule has 0 spiro atoms. The number of fused-ring (bicyclic) bond motifs is 1. The molecular formula is C20H20N6O. The van der Waals surface area contributed by atoms with Gasteiger partial charge in [-0.3, -0.25) is 0 Å². The number of nitrogens with one attached hydrogen (secondary N) is 1. The van der Waals surface area contributed by atoms with Crippen LogP contribution in [0, 0.1) is 5.92 Å². The minimum Gasteiger partial charge on any atom is -0.381 e. The van der Waals surface area contributed by atoms with Crippen molar-refractivity contribution in [3.8, 4) is 22.5 Å². The maximum absolute atomic E-state index is 5.46. The summed E-state index contributed by atoms with van der Waals surface area (Å²) in [5.41, 5.74) is 5.52. The van der Waals surface area contributed by atoms with Gasteiger partial charge in [0.25, 0.3) is 0 Å². The van der Waals surface area contributed by atoms with Gasteiger partial charge in [-0.15, -0.1) is 0 Å². The average Bonchev–Trinajstić information content (AvgIpc) is 3.39. The van der Waals surface area contributed by atoms with Crippen LogP contribution in [-0.4, -0.2) is 42.7 Å². The van der Waals surface area contributed by atoms with Crippen LogP contribution in [0.1, 0.15) is 12.8 Å². The summed E-state index contributed by atoms with van der Waals surface area (Å²) in [6.07, 6.45) is 9.31. The normalized spacial score (nSPS) is 15.4. The van der Waals surface area contributed by atoms with Crippen molar-refractivity contribution in [3.05, 3.63) is 49.3 Å². The fourth-order valence-corrected chi connectivity index (χ4v) is 3.55. The highest BCUT2D eigenvalue weighted by molar-refractivity contribution is 5.72. The molecule has 1 aromatic carbocycles. The Labute approximate surface area is 156 Å². The Kier molecular flexibility index (Phi) is 4.14. The van der Waals surface area contributed by atoms with Gasteiger partial charge in [0.1, 0.15) is 0 Å². The Morgan fingerprint density at radius 2 is 1.85 bits per heavy atom.